The van der Waals surface area contributed by atoms with Gasteiger partial charge in [-0.15, -0.1) is 0 Å². The van der Waals surface area contributed by atoms with E-state index >= 15 is 0 Å². The van der Waals surface area contributed by atoms with Crippen molar-refractivity contribution in [1.82, 2.24) is 19.7 Å². The molecule has 0 atom stereocenters. The number of aryl methyl sites for hydroxylation is 3. The van der Waals surface area contributed by atoms with Crippen LogP contribution in [-0.2, 0) is 6.54 Å². The summed E-state index contributed by atoms with van der Waals surface area (Å²) in [4.78, 5) is 8.51. The number of nitrogens with two attached hydrogens (primary N) is 1. The van der Waals surface area contributed by atoms with E-state index in [1.54, 1.807) is 6.20 Å². The molecule has 0 aliphatic carbocycles. The molecule has 16 heavy (non-hydrogen) atoms. The monoisotopic (exact) mass is 217 g/mol. The molecular weight excluding hydrogens is 202 g/mol. The third-order valence-electron chi connectivity index (χ3n) is 2.45. The van der Waals surface area contributed by atoms with Crippen LogP contribution in [0.4, 0.5) is 5.82 Å². The van der Waals surface area contributed by atoms with E-state index < -0.39 is 0 Å². The van der Waals surface area contributed by atoms with Crippen LogP contribution in [0.25, 0.3) is 11.4 Å². The van der Waals surface area contributed by atoms with Crippen molar-refractivity contribution in [2.24, 2.45) is 0 Å². The Kier molecular flexibility index (Phi) is 2.60. The Hall–Kier alpha value is -1.91. The van der Waals surface area contributed by atoms with Crippen LogP contribution in [-0.4, -0.2) is 19.7 Å². The Bertz CT molecular complexity index is 515. The molecule has 0 fully saturated rings. The summed E-state index contributed by atoms with van der Waals surface area (Å²) in [5, 5.41) is 4.32. The minimum atomic E-state index is 0.528. The summed E-state index contributed by atoms with van der Waals surface area (Å²) < 4.78 is 1.87. The van der Waals surface area contributed by atoms with E-state index in [1.165, 1.54) is 0 Å². The average Bonchev–Trinajstić information content (AvgIpc) is 2.59. The molecule has 0 spiro atoms. The van der Waals surface area contributed by atoms with Crippen molar-refractivity contribution in [3.05, 3.63) is 23.7 Å². The molecule has 2 rings (SSSR count). The fraction of sp³-hybridized carbons (Fsp3) is 0.364. The minimum absolute atomic E-state index is 0.528. The van der Waals surface area contributed by atoms with Gasteiger partial charge in [-0.05, 0) is 32.4 Å². The van der Waals surface area contributed by atoms with Crippen LogP contribution in [0.2, 0.25) is 0 Å². The third kappa shape index (κ3) is 1.76. The lowest BCUT2D eigenvalue weighted by molar-refractivity contribution is 0.659. The molecule has 2 aromatic heterocycles. The standard InChI is InChI=1S/C11H15N5/c1-4-16-11(14-8(3)15-16)9-6-13-10(12)5-7(9)2/h5-6H,4H2,1-3H3,(H2,12,13). The van der Waals surface area contributed by atoms with Gasteiger partial charge in [-0.25, -0.2) is 14.6 Å². The summed E-state index contributed by atoms with van der Waals surface area (Å²) in [6.07, 6.45) is 1.75. The predicted octanol–water partition coefficient (Wildman–Crippen LogP) is 1.56. The van der Waals surface area contributed by atoms with Gasteiger partial charge in [0.15, 0.2) is 5.82 Å². The minimum Gasteiger partial charge on any atom is -0.384 e. The van der Waals surface area contributed by atoms with Gasteiger partial charge in [0.05, 0.1) is 0 Å². The van der Waals surface area contributed by atoms with Crippen LogP contribution in [0.5, 0.6) is 0 Å². The Balaban J connectivity index is 2.57. The second-order valence-corrected chi connectivity index (χ2v) is 3.72. The van der Waals surface area contributed by atoms with Crippen LogP contribution in [0.3, 0.4) is 0 Å². The zero-order valence-corrected chi connectivity index (χ0v) is 9.73. The second kappa shape index (κ2) is 3.92. The maximum absolute atomic E-state index is 5.63. The number of hydrogen-bond donors (Lipinski definition) is 1. The molecule has 0 aliphatic heterocycles. The number of rotatable bonds is 2. The van der Waals surface area contributed by atoms with Gasteiger partial charge in [0.25, 0.3) is 0 Å². The molecule has 0 amide bonds. The maximum Gasteiger partial charge on any atom is 0.160 e. The van der Waals surface area contributed by atoms with E-state index in [0.29, 0.717) is 5.82 Å². The summed E-state index contributed by atoms with van der Waals surface area (Å²) in [6, 6.07) is 1.85. The zero-order valence-electron chi connectivity index (χ0n) is 9.73. The number of nitrogen functional groups attached to an aromatic ring is 1. The van der Waals surface area contributed by atoms with Crippen molar-refractivity contribution in [2.75, 3.05) is 5.73 Å². The largest absolute Gasteiger partial charge is 0.384 e. The van der Waals surface area contributed by atoms with E-state index in [9.17, 15) is 0 Å². The number of nitrogens with zero attached hydrogens (tertiary/aromatic N) is 4. The first-order chi connectivity index (χ1) is 7.61. The van der Waals surface area contributed by atoms with Gasteiger partial charge >= 0.3 is 0 Å². The highest BCUT2D eigenvalue weighted by Crippen LogP contribution is 2.21. The highest BCUT2D eigenvalue weighted by Gasteiger charge is 2.11. The van der Waals surface area contributed by atoms with E-state index in [-0.39, 0.29) is 0 Å². The van der Waals surface area contributed by atoms with Crippen molar-refractivity contribution in [1.29, 1.82) is 0 Å². The molecule has 0 aliphatic rings. The van der Waals surface area contributed by atoms with Crippen molar-refractivity contribution >= 4 is 5.82 Å². The summed E-state index contributed by atoms with van der Waals surface area (Å²) in [5.74, 6) is 2.15. The quantitative estimate of drug-likeness (QED) is 0.828. The van der Waals surface area contributed by atoms with Gasteiger partial charge in [0.2, 0.25) is 0 Å². The first kappa shape index (κ1) is 10.6. The summed E-state index contributed by atoms with van der Waals surface area (Å²) in [5.41, 5.74) is 7.67. The lowest BCUT2D eigenvalue weighted by atomic mass is 10.1. The SMILES string of the molecule is CCn1nc(C)nc1-c1cnc(N)cc1C. The smallest absolute Gasteiger partial charge is 0.160 e. The lowest BCUT2D eigenvalue weighted by Crippen LogP contribution is -2.02. The first-order valence-corrected chi connectivity index (χ1v) is 5.25. The normalized spacial score (nSPS) is 10.7. The second-order valence-electron chi connectivity index (χ2n) is 3.72. The maximum atomic E-state index is 5.63. The molecule has 0 aromatic carbocycles. The van der Waals surface area contributed by atoms with E-state index in [0.717, 1.165) is 29.3 Å². The Morgan fingerprint density at radius 3 is 2.75 bits per heavy atom. The van der Waals surface area contributed by atoms with Gasteiger partial charge in [-0.1, -0.05) is 0 Å². The summed E-state index contributed by atoms with van der Waals surface area (Å²) >= 11 is 0. The molecular formula is C11H15N5. The molecule has 2 heterocycles. The number of anilines is 1. The highest BCUT2D eigenvalue weighted by atomic mass is 15.3. The molecule has 0 radical (unpaired) electrons. The van der Waals surface area contributed by atoms with Gasteiger partial charge in [-0.2, -0.15) is 5.10 Å². The highest BCUT2D eigenvalue weighted by molar-refractivity contribution is 5.61. The van der Waals surface area contributed by atoms with Crippen molar-refractivity contribution in [2.45, 2.75) is 27.3 Å². The van der Waals surface area contributed by atoms with E-state index in [2.05, 4.69) is 15.1 Å². The predicted molar refractivity (Wildman–Crippen MR) is 62.8 cm³/mol. The molecule has 2 aromatic rings. The van der Waals surface area contributed by atoms with Crippen LogP contribution in [0, 0.1) is 13.8 Å². The fourth-order valence-electron chi connectivity index (χ4n) is 1.69. The van der Waals surface area contributed by atoms with Gasteiger partial charge < -0.3 is 5.73 Å². The Morgan fingerprint density at radius 2 is 2.12 bits per heavy atom. The van der Waals surface area contributed by atoms with E-state index in [1.807, 2.05) is 31.5 Å². The molecule has 0 saturated heterocycles. The summed E-state index contributed by atoms with van der Waals surface area (Å²) in [6.45, 7) is 6.71. The van der Waals surface area contributed by atoms with E-state index in [4.69, 9.17) is 5.73 Å². The van der Waals surface area contributed by atoms with Crippen molar-refractivity contribution in [3.8, 4) is 11.4 Å². The first-order valence-electron chi connectivity index (χ1n) is 5.25. The van der Waals surface area contributed by atoms with Crippen LogP contribution in [0.1, 0.15) is 18.3 Å². The molecule has 2 N–H and O–H groups in total. The molecule has 5 heteroatoms. The molecule has 5 nitrogen and oxygen atoms in total. The molecule has 84 valence electrons. The van der Waals surface area contributed by atoms with Gasteiger partial charge in [-0.3, -0.25) is 0 Å². The van der Waals surface area contributed by atoms with Crippen LogP contribution >= 0.6 is 0 Å². The van der Waals surface area contributed by atoms with Gasteiger partial charge in [0.1, 0.15) is 11.6 Å². The fourth-order valence-corrected chi connectivity index (χ4v) is 1.69. The lowest BCUT2D eigenvalue weighted by Gasteiger charge is -2.06. The number of pyridine rings is 1. The molecule has 0 saturated carbocycles. The summed E-state index contributed by atoms with van der Waals surface area (Å²) in [7, 11) is 0. The molecule has 0 unspecified atom stereocenters. The van der Waals surface area contributed by atoms with Gasteiger partial charge in [0, 0.05) is 18.3 Å². The third-order valence-corrected chi connectivity index (χ3v) is 2.45. The topological polar surface area (TPSA) is 69.6 Å². The van der Waals surface area contributed by atoms with Crippen molar-refractivity contribution in [3.63, 3.8) is 0 Å². The Morgan fingerprint density at radius 1 is 1.38 bits per heavy atom. The van der Waals surface area contributed by atoms with Crippen LogP contribution in [0.15, 0.2) is 12.3 Å². The Labute approximate surface area is 94.3 Å². The van der Waals surface area contributed by atoms with Crippen molar-refractivity contribution < 1.29 is 0 Å². The zero-order chi connectivity index (χ0) is 11.7. The molecule has 0 bridgehead atoms. The number of hydrogen-bond acceptors (Lipinski definition) is 4. The number of aromatic nitrogens is 4. The average molecular weight is 217 g/mol. The van der Waals surface area contributed by atoms with Crippen LogP contribution < -0.4 is 5.73 Å².